The molecule has 1 amide bonds. The van der Waals surface area contributed by atoms with E-state index in [9.17, 15) is 4.79 Å². The van der Waals surface area contributed by atoms with Crippen LogP contribution in [0, 0.1) is 5.92 Å². The molecule has 2 atom stereocenters. The van der Waals surface area contributed by atoms with Crippen LogP contribution in [-0.4, -0.2) is 40.7 Å². The largest absolute Gasteiger partial charge is 0.480 e. The van der Waals surface area contributed by atoms with Crippen molar-refractivity contribution in [2.24, 2.45) is 5.92 Å². The van der Waals surface area contributed by atoms with Crippen molar-refractivity contribution in [3.63, 3.8) is 0 Å². The molecule has 1 N–H and O–H groups in total. The van der Waals surface area contributed by atoms with Gasteiger partial charge in [0.15, 0.2) is 0 Å². The van der Waals surface area contributed by atoms with Gasteiger partial charge in [0.25, 0.3) is 5.91 Å². The van der Waals surface area contributed by atoms with Crippen molar-refractivity contribution in [3.8, 4) is 5.88 Å². The normalized spacial score (nSPS) is 27.2. The van der Waals surface area contributed by atoms with E-state index in [4.69, 9.17) is 4.74 Å². The molecule has 0 spiro atoms. The molecule has 2 aliphatic rings. The Morgan fingerprint density at radius 1 is 1.53 bits per heavy atom. The van der Waals surface area contributed by atoms with E-state index in [1.807, 2.05) is 4.90 Å². The van der Waals surface area contributed by atoms with E-state index in [0.29, 0.717) is 17.6 Å². The maximum Gasteiger partial charge on any atom is 0.272 e. The minimum Gasteiger partial charge on any atom is -0.480 e. The van der Waals surface area contributed by atoms with E-state index < -0.39 is 0 Å². The van der Waals surface area contributed by atoms with Crippen molar-refractivity contribution in [2.75, 3.05) is 13.7 Å². The van der Waals surface area contributed by atoms with E-state index in [1.165, 1.54) is 12.8 Å². The number of nitrogens with zero attached hydrogens (tertiary/aromatic N) is 2. The van der Waals surface area contributed by atoms with Crippen LogP contribution in [0.25, 0.3) is 0 Å². The van der Waals surface area contributed by atoms with E-state index in [-0.39, 0.29) is 5.91 Å². The van der Waals surface area contributed by atoms with Crippen LogP contribution < -0.4 is 4.74 Å². The maximum absolute atomic E-state index is 12.3. The van der Waals surface area contributed by atoms with Gasteiger partial charge < -0.3 is 9.64 Å². The number of aromatic amines is 1. The summed E-state index contributed by atoms with van der Waals surface area (Å²) >= 11 is 0. The molecule has 2 heterocycles. The topological polar surface area (TPSA) is 58.2 Å². The second-order valence-electron chi connectivity index (χ2n) is 4.87. The lowest BCUT2D eigenvalue weighted by Gasteiger charge is -2.22. The summed E-state index contributed by atoms with van der Waals surface area (Å²) in [5.41, 5.74) is 0.536. The number of carbonyl (C=O) groups excluding carboxylic acids is 1. The van der Waals surface area contributed by atoms with Crippen molar-refractivity contribution >= 4 is 5.91 Å². The van der Waals surface area contributed by atoms with Gasteiger partial charge in [-0.25, -0.2) is 0 Å². The van der Waals surface area contributed by atoms with Gasteiger partial charge in [0.05, 0.1) is 7.11 Å². The molecule has 1 aromatic heterocycles. The Morgan fingerprint density at radius 2 is 2.41 bits per heavy atom. The molecule has 17 heavy (non-hydrogen) atoms. The molecule has 2 unspecified atom stereocenters. The summed E-state index contributed by atoms with van der Waals surface area (Å²) in [5.74, 6) is 1.26. The number of amides is 1. The second kappa shape index (κ2) is 4.05. The Labute approximate surface area is 100 Å². The van der Waals surface area contributed by atoms with E-state index in [1.54, 1.807) is 13.2 Å². The van der Waals surface area contributed by atoms with Crippen molar-refractivity contribution in [1.29, 1.82) is 0 Å². The highest BCUT2D eigenvalue weighted by Crippen LogP contribution is 2.38. The number of hydrogen-bond donors (Lipinski definition) is 1. The molecule has 1 aromatic rings. The number of H-pyrrole nitrogens is 1. The Morgan fingerprint density at radius 3 is 3.18 bits per heavy atom. The standard InChI is InChI=1S/C12H17N3O2/c1-17-11-7-9(13-14-11)12(16)15-6-5-8-3-2-4-10(8)15/h7-8,10H,2-6H2,1H3,(H,13,14). The lowest BCUT2D eigenvalue weighted by atomic mass is 10.0. The van der Waals surface area contributed by atoms with Gasteiger partial charge >= 0.3 is 0 Å². The van der Waals surface area contributed by atoms with Crippen LogP contribution >= 0.6 is 0 Å². The molecule has 0 radical (unpaired) electrons. The van der Waals surface area contributed by atoms with Gasteiger partial charge in [0.1, 0.15) is 5.69 Å². The molecule has 1 aliphatic heterocycles. The van der Waals surface area contributed by atoms with E-state index >= 15 is 0 Å². The van der Waals surface area contributed by atoms with Gasteiger partial charge in [-0.15, -0.1) is 5.10 Å². The predicted molar refractivity (Wildman–Crippen MR) is 61.9 cm³/mol. The summed E-state index contributed by atoms with van der Waals surface area (Å²) in [5, 5.41) is 6.66. The summed E-state index contributed by atoms with van der Waals surface area (Å²) in [6, 6.07) is 2.13. The number of ether oxygens (including phenoxy) is 1. The maximum atomic E-state index is 12.3. The predicted octanol–water partition coefficient (Wildman–Crippen LogP) is 1.43. The second-order valence-corrected chi connectivity index (χ2v) is 4.87. The van der Waals surface area contributed by atoms with Gasteiger partial charge in [-0.1, -0.05) is 6.42 Å². The number of fused-ring (bicyclic) bond motifs is 1. The number of aromatic nitrogens is 2. The molecule has 5 heteroatoms. The van der Waals surface area contributed by atoms with Crippen LogP contribution in [-0.2, 0) is 0 Å². The zero-order chi connectivity index (χ0) is 11.8. The highest BCUT2D eigenvalue weighted by atomic mass is 16.5. The molecule has 0 aromatic carbocycles. The summed E-state index contributed by atoms with van der Waals surface area (Å²) in [7, 11) is 1.55. The third kappa shape index (κ3) is 1.69. The molecule has 5 nitrogen and oxygen atoms in total. The molecule has 3 rings (SSSR count). The average molecular weight is 235 g/mol. The summed E-state index contributed by atoms with van der Waals surface area (Å²) in [6.07, 6.45) is 4.84. The lowest BCUT2D eigenvalue weighted by Crippen LogP contribution is -2.36. The van der Waals surface area contributed by atoms with Crippen LogP contribution in [0.15, 0.2) is 6.07 Å². The Hall–Kier alpha value is -1.52. The SMILES string of the molecule is COc1cc(C(=O)N2CCC3CCCC32)[nH]n1. The van der Waals surface area contributed by atoms with Gasteiger partial charge in [-0.05, 0) is 25.2 Å². The van der Waals surface area contributed by atoms with Crippen molar-refractivity contribution in [2.45, 2.75) is 31.7 Å². The first-order valence-corrected chi connectivity index (χ1v) is 6.20. The van der Waals surface area contributed by atoms with Crippen LogP contribution in [0.4, 0.5) is 0 Å². The van der Waals surface area contributed by atoms with Gasteiger partial charge in [-0.2, -0.15) is 0 Å². The summed E-state index contributed by atoms with van der Waals surface area (Å²) < 4.78 is 4.98. The highest BCUT2D eigenvalue weighted by molar-refractivity contribution is 5.93. The molecule has 0 bridgehead atoms. The molecular weight excluding hydrogens is 218 g/mol. The van der Waals surface area contributed by atoms with Crippen LogP contribution in [0.2, 0.25) is 0 Å². The monoisotopic (exact) mass is 235 g/mol. The van der Waals surface area contributed by atoms with E-state index in [0.717, 1.165) is 25.3 Å². The molecular formula is C12H17N3O2. The fraction of sp³-hybridized carbons (Fsp3) is 0.667. The molecule has 1 saturated heterocycles. The number of hydrogen-bond acceptors (Lipinski definition) is 3. The first-order valence-electron chi connectivity index (χ1n) is 6.20. The molecule has 2 fully saturated rings. The first kappa shape index (κ1) is 10.6. The van der Waals surface area contributed by atoms with Crippen LogP contribution in [0.3, 0.4) is 0 Å². The van der Waals surface area contributed by atoms with Gasteiger partial charge in [0, 0.05) is 18.7 Å². The number of methoxy groups -OCH3 is 1. The highest BCUT2D eigenvalue weighted by Gasteiger charge is 2.40. The fourth-order valence-electron chi connectivity index (χ4n) is 3.16. The third-order valence-electron chi connectivity index (χ3n) is 4.01. The van der Waals surface area contributed by atoms with Crippen molar-refractivity contribution in [3.05, 3.63) is 11.8 Å². The smallest absolute Gasteiger partial charge is 0.272 e. The fourth-order valence-corrected chi connectivity index (χ4v) is 3.16. The Bertz CT molecular complexity index is 429. The Balaban J connectivity index is 1.77. The van der Waals surface area contributed by atoms with Gasteiger partial charge in [0.2, 0.25) is 5.88 Å². The number of likely N-dealkylation sites (tertiary alicyclic amines) is 1. The van der Waals surface area contributed by atoms with E-state index in [2.05, 4.69) is 10.2 Å². The number of carbonyl (C=O) groups is 1. The Kier molecular flexibility index (Phi) is 2.53. The molecule has 92 valence electrons. The molecule has 1 aliphatic carbocycles. The first-order chi connectivity index (χ1) is 8.29. The quantitative estimate of drug-likeness (QED) is 0.843. The number of rotatable bonds is 2. The van der Waals surface area contributed by atoms with Crippen LogP contribution in [0.1, 0.15) is 36.2 Å². The van der Waals surface area contributed by atoms with Gasteiger partial charge in [-0.3, -0.25) is 9.89 Å². The van der Waals surface area contributed by atoms with Crippen LogP contribution in [0.5, 0.6) is 5.88 Å². The minimum absolute atomic E-state index is 0.0650. The third-order valence-corrected chi connectivity index (χ3v) is 4.01. The number of nitrogens with one attached hydrogen (secondary N) is 1. The zero-order valence-electron chi connectivity index (χ0n) is 9.98. The lowest BCUT2D eigenvalue weighted by molar-refractivity contribution is 0.0723. The van der Waals surface area contributed by atoms with Crippen molar-refractivity contribution < 1.29 is 9.53 Å². The summed E-state index contributed by atoms with van der Waals surface area (Å²) in [6.45, 7) is 0.884. The minimum atomic E-state index is 0.0650. The molecule has 1 saturated carbocycles. The summed E-state index contributed by atoms with van der Waals surface area (Å²) in [4.78, 5) is 14.3. The van der Waals surface area contributed by atoms with Crippen molar-refractivity contribution in [1.82, 2.24) is 15.1 Å². The zero-order valence-corrected chi connectivity index (χ0v) is 9.98. The average Bonchev–Trinajstić information content (AvgIpc) is 3.04.